The maximum atomic E-state index is 10.7. The molecule has 0 bridgehead atoms. The summed E-state index contributed by atoms with van der Waals surface area (Å²) in [6.07, 6.45) is 0. The van der Waals surface area contributed by atoms with Crippen molar-refractivity contribution < 1.29 is 14.6 Å². The largest absolute Gasteiger partial charge is 0.495 e. The Morgan fingerprint density at radius 3 is 3.00 bits per heavy atom. The van der Waals surface area contributed by atoms with Crippen molar-refractivity contribution in [1.82, 2.24) is 4.98 Å². The standard InChI is InChI=1S/C9H7NO3S/c1-13-6-4-2-3-5-7(6)14-8(10-5)9(11)12/h2-4H,1H3,(H,11,12). The van der Waals surface area contributed by atoms with Crippen LogP contribution in [0.4, 0.5) is 0 Å². The lowest BCUT2D eigenvalue weighted by molar-refractivity contribution is 0.0696. The van der Waals surface area contributed by atoms with Gasteiger partial charge in [0.15, 0.2) is 0 Å². The Morgan fingerprint density at radius 1 is 1.57 bits per heavy atom. The fourth-order valence-electron chi connectivity index (χ4n) is 1.18. The fourth-order valence-corrected chi connectivity index (χ4v) is 2.07. The molecule has 2 rings (SSSR count). The Hall–Kier alpha value is -1.62. The quantitative estimate of drug-likeness (QED) is 0.821. The summed E-state index contributed by atoms with van der Waals surface area (Å²) in [4.78, 5) is 14.6. The number of carbonyl (C=O) groups is 1. The van der Waals surface area contributed by atoms with Gasteiger partial charge in [0, 0.05) is 0 Å². The average Bonchev–Trinajstić information content (AvgIpc) is 2.60. The van der Waals surface area contributed by atoms with Crippen molar-refractivity contribution in [2.24, 2.45) is 0 Å². The topological polar surface area (TPSA) is 59.4 Å². The molecule has 5 heteroatoms. The molecule has 4 nitrogen and oxygen atoms in total. The van der Waals surface area contributed by atoms with Crippen LogP contribution in [0.1, 0.15) is 9.80 Å². The van der Waals surface area contributed by atoms with E-state index in [1.165, 1.54) is 0 Å². The lowest BCUT2D eigenvalue weighted by Gasteiger charge is -1.97. The highest BCUT2D eigenvalue weighted by Crippen LogP contribution is 2.30. The number of thiazole rings is 1. The van der Waals surface area contributed by atoms with E-state index in [1.54, 1.807) is 25.3 Å². The van der Waals surface area contributed by atoms with E-state index in [1.807, 2.05) is 0 Å². The molecule has 1 aromatic carbocycles. The van der Waals surface area contributed by atoms with Gasteiger partial charge in [-0.15, -0.1) is 11.3 Å². The van der Waals surface area contributed by atoms with Gasteiger partial charge < -0.3 is 9.84 Å². The van der Waals surface area contributed by atoms with Crippen molar-refractivity contribution in [2.45, 2.75) is 0 Å². The number of carboxylic acids is 1. The van der Waals surface area contributed by atoms with Gasteiger partial charge >= 0.3 is 5.97 Å². The van der Waals surface area contributed by atoms with Gasteiger partial charge in [-0.1, -0.05) is 6.07 Å². The van der Waals surface area contributed by atoms with Crippen molar-refractivity contribution in [1.29, 1.82) is 0 Å². The Bertz CT molecular complexity index is 492. The second-order valence-corrected chi connectivity index (χ2v) is 3.63. The molecule has 2 aromatic rings. The summed E-state index contributed by atoms with van der Waals surface area (Å²) in [7, 11) is 1.55. The van der Waals surface area contributed by atoms with E-state index < -0.39 is 5.97 Å². The molecular formula is C9H7NO3S. The molecule has 14 heavy (non-hydrogen) atoms. The molecule has 72 valence electrons. The first-order chi connectivity index (χ1) is 6.72. The molecule has 1 N–H and O–H groups in total. The molecule has 0 aliphatic heterocycles. The third-order valence-corrected chi connectivity index (χ3v) is 2.86. The second-order valence-electron chi connectivity index (χ2n) is 2.63. The van der Waals surface area contributed by atoms with Crippen molar-refractivity contribution in [3.8, 4) is 5.75 Å². The molecule has 0 atom stereocenters. The first-order valence-corrected chi connectivity index (χ1v) is 4.71. The molecule has 0 saturated carbocycles. The summed E-state index contributed by atoms with van der Waals surface area (Å²) in [6.45, 7) is 0. The van der Waals surface area contributed by atoms with Gasteiger partial charge in [-0.3, -0.25) is 0 Å². The first kappa shape index (κ1) is 8.96. The molecule has 1 aromatic heterocycles. The summed E-state index contributed by atoms with van der Waals surface area (Å²) >= 11 is 1.12. The van der Waals surface area contributed by atoms with E-state index in [9.17, 15) is 4.79 Å². The predicted octanol–water partition coefficient (Wildman–Crippen LogP) is 2.00. The van der Waals surface area contributed by atoms with Gasteiger partial charge in [0.05, 0.1) is 17.3 Å². The molecule has 0 radical (unpaired) electrons. The van der Waals surface area contributed by atoms with Crippen LogP contribution in [-0.4, -0.2) is 23.2 Å². The summed E-state index contributed by atoms with van der Waals surface area (Å²) in [6, 6.07) is 5.33. The van der Waals surface area contributed by atoms with Gasteiger partial charge in [-0.2, -0.15) is 0 Å². The normalized spacial score (nSPS) is 10.4. The van der Waals surface area contributed by atoms with Crippen LogP contribution in [0.25, 0.3) is 10.2 Å². The molecule has 0 amide bonds. The molecular weight excluding hydrogens is 202 g/mol. The maximum Gasteiger partial charge on any atom is 0.365 e. The Morgan fingerprint density at radius 2 is 2.36 bits per heavy atom. The number of aromatic nitrogens is 1. The Labute approximate surface area is 83.8 Å². The highest BCUT2D eigenvalue weighted by molar-refractivity contribution is 7.20. The van der Waals surface area contributed by atoms with Crippen LogP contribution in [-0.2, 0) is 0 Å². The number of ether oxygens (including phenoxy) is 1. The van der Waals surface area contributed by atoms with Crippen LogP contribution in [0.5, 0.6) is 5.75 Å². The minimum atomic E-state index is -1.01. The highest BCUT2D eigenvalue weighted by Gasteiger charge is 2.12. The van der Waals surface area contributed by atoms with E-state index in [2.05, 4.69) is 4.98 Å². The number of hydrogen-bond acceptors (Lipinski definition) is 4. The van der Waals surface area contributed by atoms with Crippen LogP contribution in [0.3, 0.4) is 0 Å². The molecule has 0 aliphatic rings. The van der Waals surface area contributed by atoms with Crippen molar-refractivity contribution >= 4 is 27.5 Å². The SMILES string of the molecule is COc1cccc2nc(C(=O)O)sc12. The number of aromatic carboxylic acids is 1. The van der Waals surface area contributed by atoms with E-state index in [0.29, 0.717) is 11.3 Å². The molecule has 0 fully saturated rings. The van der Waals surface area contributed by atoms with Crippen molar-refractivity contribution in [3.05, 3.63) is 23.2 Å². The van der Waals surface area contributed by atoms with Crippen LogP contribution >= 0.6 is 11.3 Å². The molecule has 1 heterocycles. The van der Waals surface area contributed by atoms with Crippen LogP contribution in [0.2, 0.25) is 0 Å². The number of rotatable bonds is 2. The lowest BCUT2D eigenvalue weighted by atomic mass is 10.3. The Balaban J connectivity index is 2.70. The van der Waals surface area contributed by atoms with E-state index in [0.717, 1.165) is 16.0 Å². The minimum absolute atomic E-state index is 0.0875. The van der Waals surface area contributed by atoms with Gasteiger partial charge in [0.25, 0.3) is 0 Å². The summed E-state index contributed by atoms with van der Waals surface area (Å²) in [5.74, 6) is -0.347. The maximum absolute atomic E-state index is 10.7. The van der Waals surface area contributed by atoms with E-state index in [4.69, 9.17) is 9.84 Å². The van der Waals surface area contributed by atoms with Gasteiger partial charge in [0.1, 0.15) is 5.75 Å². The third-order valence-electron chi connectivity index (χ3n) is 1.78. The van der Waals surface area contributed by atoms with Crippen LogP contribution < -0.4 is 4.74 Å². The predicted molar refractivity (Wildman–Crippen MR) is 53.1 cm³/mol. The zero-order valence-electron chi connectivity index (χ0n) is 7.35. The fraction of sp³-hybridized carbons (Fsp3) is 0.111. The highest BCUT2D eigenvalue weighted by atomic mass is 32.1. The van der Waals surface area contributed by atoms with Crippen LogP contribution in [0.15, 0.2) is 18.2 Å². The van der Waals surface area contributed by atoms with Gasteiger partial charge in [-0.05, 0) is 12.1 Å². The Kier molecular flexibility index (Phi) is 2.09. The summed E-state index contributed by atoms with van der Waals surface area (Å²) in [5, 5.41) is 8.84. The smallest absolute Gasteiger partial charge is 0.365 e. The summed E-state index contributed by atoms with van der Waals surface area (Å²) < 4.78 is 5.87. The zero-order valence-corrected chi connectivity index (χ0v) is 8.17. The molecule has 0 spiro atoms. The molecule has 0 aliphatic carbocycles. The third kappa shape index (κ3) is 1.31. The minimum Gasteiger partial charge on any atom is -0.495 e. The number of carboxylic acid groups (broad SMARTS) is 1. The first-order valence-electron chi connectivity index (χ1n) is 3.89. The van der Waals surface area contributed by atoms with E-state index >= 15 is 0 Å². The number of methoxy groups -OCH3 is 1. The molecule has 0 saturated heterocycles. The average molecular weight is 209 g/mol. The number of hydrogen-bond donors (Lipinski definition) is 1. The van der Waals surface area contributed by atoms with E-state index in [-0.39, 0.29) is 5.01 Å². The number of benzene rings is 1. The zero-order chi connectivity index (χ0) is 10.1. The molecule has 0 unspecified atom stereocenters. The lowest BCUT2D eigenvalue weighted by Crippen LogP contribution is -1.93. The summed E-state index contributed by atoms with van der Waals surface area (Å²) in [5.41, 5.74) is 0.659. The van der Waals surface area contributed by atoms with Gasteiger partial charge in [-0.25, -0.2) is 9.78 Å². The van der Waals surface area contributed by atoms with Crippen molar-refractivity contribution in [3.63, 3.8) is 0 Å². The van der Waals surface area contributed by atoms with Gasteiger partial charge in [0.2, 0.25) is 5.01 Å². The van der Waals surface area contributed by atoms with Crippen LogP contribution in [0, 0.1) is 0 Å². The monoisotopic (exact) mass is 209 g/mol. The van der Waals surface area contributed by atoms with Crippen molar-refractivity contribution in [2.75, 3.05) is 7.11 Å². The number of fused-ring (bicyclic) bond motifs is 1. The second kappa shape index (κ2) is 3.26. The number of nitrogens with zero attached hydrogens (tertiary/aromatic N) is 1.